The minimum absolute atomic E-state index is 0. The number of nitrogens with zero attached hydrogens (tertiary/aromatic N) is 2. The summed E-state index contributed by atoms with van der Waals surface area (Å²) >= 11 is 0. The second kappa shape index (κ2) is 12.1. The maximum absolute atomic E-state index is 5.98. The van der Waals surface area contributed by atoms with E-state index < -0.39 is 0 Å². The molecule has 2 aliphatic heterocycles. The lowest BCUT2D eigenvalue weighted by Gasteiger charge is -2.33. The van der Waals surface area contributed by atoms with E-state index in [0.717, 1.165) is 50.9 Å². The predicted octanol–water partition coefficient (Wildman–Crippen LogP) is 4.46. The lowest BCUT2D eigenvalue weighted by atomic mass is 9.94. The average molecular weight is 432 g/mol. The van der Waals surface area contributed by atoms with Crippen LogP contribution in [0.2, 0.25) is 0 Å². The van der Waals surface area contributed by atoms with Crippen LogP contribution < -0.4 is 15.0 Å². The molecular weight excluding hydrogens is 398 g/mol. The van der Waals surface area contributed by atoms with Crippen LogP contribution in [0.15, 0.2) is 48.8 Å². The first kappa shape index (κ1) is 22.9. The van der Waals surface area contributed by atoms with Crippen molar-refractivity contribution >= 4 is 18.1 Å². The Balaban J connectivity index is 0.00000256. The molecule has 30 heavy (non-hydrogen) atoms. The Kier molecular flexibility index (Phi) is 9.25. The van der Waals surface area contributed by atoms with Crippen molar-refractivity contribution in [1.82, 2.24) is 10.3 Å². The van der Waals surface area contributed by atoms with E-state index in [4.69, 9.17) is 9.47 Å². The van der Waals surface area contributed by atoms with Gasteiger partial charge >= 0.3 is 0 Å². The lowest BCUT2D eigenvalue weighted by molar-refractivity contribution is 0.104. The van der Waals surface area contributed by atoms with Crippen molar-refractivity contribution in [3.8, 4) is 5.75 Å². The summed E-state index contributed by atoms with van der Waals surface area (Å²) in [6, 6.07) is 13.0. The van der Waals surface area contributed by atoms with Gasteiger partial charge in [-0.25, -0.2) is 0 Å². The minimum atomic E-state index is 0. The van der Waals surface area contributed by atoms with Crippen molar-refractivity contribution in [2.75, 3.05) is 37.7 Å². The molecule has 0 bridgehead atoms. The van der Waals surface area contributed by atoms with Crippen LogP contribution in [-0.2, 0) is 11.3 Å². The van der Waals surface area contributed by atoms with E-state index in [2.05, 4.69) is 45.5 Å². The van der Waals surface area contributed by atoms with Gasteiger partial charge < -0.3 is 19.7 Å². The van der Waals surface area contributed by atoms with Gasteiger partial charge in [0.15, 0.2) is 0 Å². The van der Waals surface area contributed by atoms with Crippen LogP contribution in [0.25, 0.3) is 0 Å². The molecule has 0 spiro atoms. The van der Waals surface area contributed by atoms with E-state index >= 15 is 0 Å². The molecule has 5 nitrogen and oxygen atoms in total. The maximum Gasteiger partial charge on any atom is 0.139 e. The summed E-state index contributed by atoms with van der Waals surface area (Å²) in [7, 11) is 0. The number of piperidine rings is 1. The molecule has 0 amide bonds. The normalized spacial score (nSPS) is 19.5. The van der Waals surface area contributed by atoms with Crippen LogP contribution in [-0.4, -0.2) is 43.9 Å². The van der Waals surface area contributed by atoms with Crippen molar-refractivity contribution in [2.24, 2.45) is 5.92 Å². The summed E-state index contributed by atoms with van der Waals surface area (Å²) in [5, 5.41) is 3.47. The Hall–Kier alpha value is -1.82. The summed E-state index contributed by atoms with van der Waals surface area (Å²) in [6.45, 7) is 5.57. The molecular formula is C24H34ClN3O2. The zero-order valence-corrected chi connectivity index (χ0v) is 18.5. The molecule has 2 fully saturated rings. The van der Waals surface area contributed by atoms with Gasteiger partial charge in [0.25, 0.3) is 0 Å². The summed E-state index contributed by atoms with van der Waals surface area (Å²) < 4.78 is 11.8. The molecule has 164 valence electrons. The highest BCUT2D eigenvalue weighted by molar-refractivity contribution is 5.85. The van der Waals surface area contributed by atoms with Gasteiger partial charge in [-0.1, -0.05) is 30.3 Å². The van der Waals surface area contributed by atoms with E-state index in [1.165, 1.54) is 36.9 Å². The largest absolute Gasteiger partial charge is 0.490 e. The van der Waals surface area contributed by atoms with Crippen LogP contribution >= 0.6 is 12.4 Å². The lowest BCUT2D eigenvalue weighted by Crippen LogP contribution is -2.34. The standard InChI is InChI=1S/C24H33N3O2.ClH/c1-2-5-21(6-3-1)18-28-14-10-20-8-12-27(13-9-20)23-15-24(17-25-16-23)29-19-22-7-4-11-26-22;/h1-3,5-6,15-17,20,22,26H,4,7-14,18-19H2;1H/t22-;/m0./s1. The third-order valence-corrected chi connectivity index (χ3v) is 6.07. The van der Waals surface area contributed by atoms with Gasteiger partial charge in [0.1, 0.15) is 12.4 Å². The molecule has 0 radical (unpaired) electrons. The highest BCUT2D eigenvalue weighted by Crippen LogP contribution is 2.27. The molecule has 1 aromatic heterocycles. The van der Waals surface area contributed by atoms with Crippen molar-refractivity contribution in [1.29, 1.82) is 0 Å². The van der Waals surface area contributed by atoms with Gasteiger partial charge in [-0.05, 0) is 50.1 Å². The van der Waals surface area contributed by atoms with Crippen molar-refractivity contribution in [3.63, 3.8) is 0 Å². The van der Waals surface area contributed by atoms with E-state index in [1.807, 2.05) is 18.5 Å². The molecule has 2 aromatic rings. The third kappa shape index (κ3) is 6.86. The Morgan fingerprint density at radius 2 is 1.90 bits per heavy atom. The minimum Gasteiger partial charge on any atom is -0.490 e. The SMILES string of the molecule is Cl.c1ccc(COCCC2CCN(c3cncc(OC[C@@H]4CCCN4)c3)CC2)cc1. The quantitative estimate of drug-likeness (QED) is 0.594. The zero-order valence-electron chi connectivity index (χ0n) is 17.7. The molecule has 6 heteroatoms. The molecule has 2 saturated heterocycles. The van der Waals surface area contributed by atoms with E-state index in [9.17, 15) is 0 Å². The number of hydrogen-bond donors (Lipinski definition) is 1. The first-order chi connectivity index (χ1) is 14.4. The summed E-state index contributed by atoms with van der Waals surface area (Å²) in [5.74, 6) is 1.63. The van der Waals surface area contributed by atoms with E-state index in [-0.39, 0.29) is 12.4 Å². The fourth-order valence-corrected chi connectivity index (χ4v) is 4.25. The highest BCUT2D eigenvalue weighted by atomic mass is 35.5. The second-order valence-corrected chi connectivity index (χ2v) is 8.24. The van der Waals surface area contributed by atoms with Crippen molar-refractivity contribution in [2.45, 2.75) is 44.8 Å². The number of ether oxygens (including phenoxy) is 2. The summed E-state index contributed by atoms with van der Waals surface area (Å²) in [6.07, 6.45) is 9.82. The van der Waals surface area contributed by atoms with Gasteiger partial charge in [-0.15, -0.1) is 12.4 Å². The topological polar surface area (TPSA) is 46.6 Å². The smallest absolute Gasteiger partial charge is 0.139 e. The van der Waals surface area contributed by atoms with Gasteiger partial charge in [0.05, 0.1) is 24.7 Å². The monoisotopic (exact) mass is 431 g/mol. The first-order valence-electron chi connectivity index (χ1n) is 11.0. The highest BCUT2D eigenvalue weighted by Gasteiger charge is 2.20. The number of anilines is 1. The Morgan fingerprint density at radius 1 is 1.07 bits per heavy atom. The first-order valence-corrected chi connectivity index (χ1v) is 11.0. The fourth-order valence-electron chi connectivity index (χ4n) is 4.25. The number of rotatable bonds is 9. The molecule has 4 rings (SSSR count). The van der Waals surface area contributed by atoms with Crippen LogP contribution in [0.1, 0.15) is 37.7 Å². The Labute approximate surface area is 186 Å². The van der Waals surface area contributed by atoms with Crippen molar-refractivity contribution in [3.05, 3.63) is 54.4 Å². The molecule has 1 atom stereocenters. The number of benzene rings is 1. The van der Waals surface area contributed by atoms with Crippen molar-refractivity contribution < 1.29 is 9.47 Å². The third-order valence-electron chi connectivity index (χ3n) is 6.07. The van der Waals surface area contributed by atoms with Gasteiger partial charge in [0, 0.05) is 31.8 Å². The van der Waals surface area contributed by atoms with Crippen LogP contribution in [0.5, 0.6) is 5.75 Å². The van der Waals surface area contributed by atoms with Gasteiger partial charge in [0.2, 0.25) is 0 Å². The van der Waals surface area contributed by atoms with Gasteiger partial charge in [-0.3, -0.25) is 4.98 Å². The van der Waals surface area contributed by atoms with E-state index in [1.54, 1.807) is 0 Å². The van der Waals surface area contributed by atoms with Crippen LogP contribution in [0.4, 0.5) is 5.69 Å². The molecule has 0 aliphatic carbocycles. The van der Waals surface area contributed by atoms with Gasteiger partial charge in [-0.2, -0.15) is 0 Å². The second-order valence-electron chi connectivity index (χ2n) is 8.24. The molecule has 1 aromatic carbocycles. The maximum atomic E-state index is 5.98. The number of hydrogen-bond acceptors (Lipinski definition) is 5. The molecule has 1 N–H and O–H groups in total. The summed E-state index contributed by atoms with van der Waals surface area (Å²) in [4.78, 5) is 6.85. The molecule has 0 unspecified atom stereocenters. The number of nitrogens with one attached hydrogen (secondary N) is 1. The molecule has 0 saturated carbocycles. The Morgan fingerprint density at radius 3 is 2.67 bits per heavy atom. The van der Waals surface area contributed by atoms with E-state index in [0.29, 0.717) is 12.6 Å². The van der Waals surface area contributed by atoms with Crippen LogP contribution in [0, 0.1) is 5.92 Å². The molecule has 3 heterocycles. The fraction of sp³-hybridized carbons (Fsp3) is 0.542. The predicted molar refractivity (Wildman–Crippen MR) is 124 cm³/mol. The van der Waals surface area contributed by atoms with Crippen LogP contribution in [0.3, 0.4) is 0 Å². The average Bonchev–Trinajstić information content (AvgIpc) is 3.30. The molecule has 2 aliphatic rings. The summed E-state index contributed by atoms with van der Waals surface area (Å²) in [5.41, 5.74) is 2.43. The number of pyridine rings is 1. The Bertz CT molecular complexity index is 732. The zero-order chi connectivity index (χ0) is 19.7. The number of aromatic nitrogens is 1. The number of halogens is 1.